The lowest BCUT2D eigenvalue weighted by atomic mass is 10.2. The molecule has 0 saturated heterocycles. The molecule has 4 heteroatoms. The Balaban J connectivity index is 2.01. The highest BCUT2D eigenvalue weighted by Crippen LogP contribution is 2.24. The molecule has 2 rings (SSSR count). The predicted molar refractivity (Wildman–Crippen MR) is 80.6 cm³/mol. The molecule has 0 heterocycles. The van der Waals surface area contributed by atoms with Gasteiger partial charge in [-0.3, -0.25) is 4.79 Å². The number of carbonyl (C=O) groups is 1. The van der Waals surface area contributed by atoms with Gasteiger partial charge in [0.2, 0.25) is 5.91 Å². The first-order valence-electron chi connectivity index (χ1n) is 5.64. The third-order valence-corrected chi connectivity index (χ3v) is 3.15. The van der Waals surface area contributed by atoms with Crippen LogP contribution in [0.4, 0.5) is 5.69 Å². The summed E-state index contributed by atoms with van der Waals surface area (Å²) >= 11 is 11.7. The second-order valence-electron chi connectivity index (χ2n) is 3.86. The summed E-state index contributed by atoms with van der Waals surface area (Å²) in [7, 11) is 0. The number of anilines is 1. The number of carbonyl (C=O) groups excluding carboxylic acids is 1. The van der Waals surface area contributed by atoms with Gasteiger partial charge in [-0.15, -0.1) is 0 Å². The second kappa shape index (κ2) is 6.41. The van der Waals surface area contributed by atoms with Crippen molar-refractivity contribution in [1.82, 2.24) is 0 Å². The summed E-state index contributed by atoms with van der Waals surface area (Å²) in [6, 6.07) is 14.5. The van der Waals surface area contributed by atoms with E-state index >= 15 is 0 Å². The molecular formula is C15H11Cl2NO. The molecule has 0 atom stereocenters. The van der Waals surface area contributed by atoms with Crippen molar-refractivity contribution in [3.05, 3.63) is 70.2 Å². The fourth-order valence-corrected chi connectivity index (χ4v) is 1.79. The average Bonchev–Trinajstić information content (AvgIpc) is 2.42. The zero-order chi connectivity index (χ0) is 13.7. The van der Waals surface area contributed by atoms with E-state index in [9.17, 15) is 4.79 Å². The molecule has 1 N–H and O–H groups in total. The van der Waals surface area contributed by atoms with Crippen LogP contribution in [0.2, 0.25) is 10.0 Å². The molecule has 2 aromatic rings. The molecule has 0 aliphatic rings. The van der Waals surface area contributed by atoms with E-state index in [-0.39, 0.29) is 5.91 Å². The number of amides is 1. The standard InChI is InChI=1S/C15H11Cl2NO/c16-13-8-7-12(10-14(13)17)18-15(19)9-6-11-4-2-1-3-5-11/h1-10H,(H,18,19)/b9-6-. The first-order chi connectivity index (χ1) is 9.15. The Morgan fingerprint density at radius 1 is 1.00 bits per heavy atom. The van der Waals surface area contributed by atoms with Crippen LogP contribution in [0.1, 0.15) is 5.56 Å². The Morgan fingerprint density at radius 2 is 1.74 bits per heavy atom. The lowest BCUT2D eigenvalue weighted by Gasteiger charge is -2.03. The minimum absolute atomic E-state index is 0.220. The van der Waals surface area contributed by atoms with Gasteiger partial charge in [0.05, 0.1) is 10.0 Å². The van der Waals surface area contributed by atoms with Crippen LogP contribution in [-0.2, 0) is 4.79 Å². The molecule has 2 nitrogen and oxygen atoms in total. The van der Waals surface area contributed by atoms with Crippen LogP contribution < -0.4 is 5.32 Å². The first-order valence-corrected chi connectivity index (χ1v) is 6.40. The first kappa shape index (κ1) is 13.7. The number of nitrogens with one attached hydrogen (secondary N) is 1. The lowest BCUT2D eigenvalue weighted by molar-refractivity contribution is -0.111. The van der Waals surface area contributed by atoms with Crippen molar-refractivity contribution in [2.75, 3.05) is 5.32 Å². The summed E-state index contributed by atoms with van der Waals surface area (Å²) in [5, 5.41) is 3.58. The highest BCUT2D eigenvalue weighted by Gasteiger charge is 2.01. The lowest BCUT2D eigenvalue weighted by Crippen LogP contribution is -2.07. The SMILES string of the molecule is O=C(/C=C\c1ccccc1)Nc1ccc(Cl)c(Cl)c1. The van der Waals surface area contributed by atoms with Crippen LogP contribution in [0, 0.1) is 0 Å². The van der Waals surface area contributed by atoms with Crippen LogP contribution in [0.25, 0.3) is 6.08 Å². The molecular weight excluding hydrogens is 281 g/mol. The van der Waals surface area contributed by atoms with E-state index in [4.69, 9.17) is 23.2 Å². The fourth-order valence-electron chi connectivity index (χ4n) is 1.49. The van der Waals surface area contributed by atoms with E-state index in [1.54, 1.807) is 24.3 Å². The van der Waals surface area contributed by atoms with Crippen LogP contribution in [0.15, 0.2) is 54.6 Å². The van der Waals surface area contributed by atoms with Gasteiger partial charge in [-0.2, -0.15) is 0 Å². The van der Waals surface area contributed by atoms with Crippen molar-refractivity contribution >= 4 is 40.9 Å². The number of benzene rings is 2. The van der Waals surface area contributed by atoms with Gasteiger partial charge in [-0.25, -0.2) is 0 Å². The molecule has 0 aliphatic heterocycles. The van der Waals surface area contributed by atoms with Gasteiger partial charge in [0.1, 0.15) is 0 Å². The maximum atomic E-state index is 11.7. The molecule has 0 bridgehead atoms. The molecule has 19 heavy (non-hydrogen) atoms. The molecule has 0 aliphatic carbocycles. The zero-order valence-electron chi connectivity index (χ0n) is 9.94. The number of hydrogen-bond donors (Lipinski definition) is 1. The second-order valence-corrected chi connectivity index (χ2v) is 4.68. The minimum Gasteiger partial charge on any atom is -0.322 e. The number of halogens is 2. The summed E-state index contributed by atoms with van der Waals surface area (Å²) in [6.07, 6.45) is 3.21. The van der Waals surface area contributed by atoms with Crippen molar-refractivity contribution in [3.8, 4) is 0 Å². The van der Waals surface area contributed by atoms with Crippen LogP contribution in [0.5, 0.6) is 0 Å². The highest BCUT2D eigenvalue weighted by molar-refractivity contribution is 6.42. The molecule has 0 unspecified atom stereocenters. The third kappa shape index (κ3) is 4.12. The normalized spacial score (nSPS) is 10.6. The van der Waals surface area contributed by atoms with E-state index in [2.05, 4.69) is 5.32 Å². The topological polar surface area (TPSA) is 29.1 Å². The summed E-state index contributed by atoms with van der Waals surface area (Å²) in [5.41, 5.74) is 1.57. The monoisotopic (exact) mass is 291 g/mol. The van der Waals surface area contributed by atoms with E-state index in [1.807, 2.05) is 30.3 Å². The van der Waals surface area contributed by atoms with Gasteiger partial charge < -0.3 is 5.32 Å². The van der Waals surface area contributed by atoms with E-state index < -0.39 is 0 Å². The van der Waals surface area contributed by atoms with Gasteiger partial charge >= 0.3 is 0 Å². The predicted octanol–water partition coefficient (Wildman–Crippen LogP) is 4.65. The highest BCUT2D eigenvalue weighted by atomic mass is 35.5. The molecule has 0 aromatic heterocycles. The van der Waals surface area contributed by atoms with Crippen molar-refractivity contribution in [2.45, 2.75) is 0 Å². The molecule has 0 fully saturated rings. The van der Waals surface area contributed by atoms with Crippen molar-refractivity contribution in [1.29, 1.82) is 0 Å². The summed E-state index contributed by atoms with van der Waals surface area (Å²) in [6.45, 7) is 0. The zero-order valence-corrected chi connectivity index (χ0v) is 11.4. The Kier molecular flexibility index (Phi) is 4.61. The van der Waals surface area contributed by atoms with Crippen LogP contribution >= 0.6 is 23.2 Å². The maximum Gasteiger partial charge on any atom is 0.248 e. The number of hydrogen-bond acceptors (Lipinski definition) is 1. The summed E-state index contributed by atoms with van der Waals surface area (Å²) < 4.78 is 0. The Labute approximate surface area is 121 Å². The quantitative estimate of drug-likeness (QED) is 0.820. The third-order valence-electron chi connectivity index (χ3n) is 2.41. The molecule has 0 radical (unpaired) electrons. The van der Waals surface area contributed by atoms with Gasteiger partial charge in [0, 0.05) is 11.8 Å². The van der Waals surface area contributed by atoms with Gasteiger partial charge in [0.25, 0.3) is 0 Å². The summed E-state index contributed by atoms with van der Waals surface area (Å²) in [5.74, 6) is -0.220. The molecule has 0 saturated carbocycles. The number of rotatable bonds is 3. The van der Waals surface area contributed by atoms with E-state index in [0.29, 0.717) is 15.7 Å². The summed E-state index contributed by atoms with van der Waals surface area (Å²) in [4.78, 5) is 11.7. The fraction of sp³-hybridized carbons (Fsp3) is 0. The molecule has 96 valence electrons. The van der Waals surface area contributed by atoms with Gasteiger partial charge in [-0.05, 0) is 29.8 Å². The molecule has 0 spiro atoms. The minimum atomic E-state index is -0.220. The van der Waals surface area contributed by atoms with Crippen molar-refractivity contribution < 1.29 is 4.79 Å². The van der Waals surface area contributed by atoms with E-state index in [0.717, 1.165) is 5.56 Å². The van der Waals surface area contributed by atoms with Gasteiger partial charge in [0.15, 0.2) is 0 Å². The Hall–Kier alpha value is -1.77. The Morgan fingerprint density at radius 3 is 2.42 bits per heavy atom. The smallest absolute Gasteiger partial charge is 0.248 e. The van der Waals surface area contributed by atoms with E-state index in [1.165, 1.54) is 6.08 Å². The molecule has 2 aromatic carbocycles. The van der Waals surface area contributed by atoms with Crippen molar-refractivity contribution in [2.24, 2.45) is 0 Å². The largest absolute Gasteiger partial charge is 0.322 e. The van der Waals surface area contributed by atoms with Gasteiger partial charge in [-0.1, -0.05) is 53.5 Å². The van der Waals surface area contributed by atoms with Crippen LogP contribution in [-0.4, -0.2) is 5.91 Å². The molecule has 1 amide bonds. The maximum absolute atomic E-state index is 11.7. The average molecular weight is 292 g/mol. The van der Waals surface area contributed by atoms with Crippen LogP contribution in [0.3, 0.4) is 0 Å². The Bertz CT molecular complexity index is 609. The van der Waals surface area contributed by atoms with Crippen molar-refractivity contribution in [3.63, 3.8) is 0 Å².